The second kappa shape index (κ2) is 5.95. The zero-order valence-corrected chi connectivity index (χ0v) is 12.0. The normalized spacial score (nSPS) is 10.6. The van der Waals surface area contributed by atoms with Crippen molar-refractivity contribution in [2.45, 2.75) is 6.61 Å². The van der Waals surface area contributed by atoms with Crippen LogP contribution < -0.4 is 5.56 Å². The smallest absolute Gasteiger partial charge is 0.359 e. The minimum absolute atomic E-state index is 0.0398. The van der Waals surface area contributed by atoms with E-state index in [1.165, 1.54) is 6.20 Å². The molecule has 1 N–H and O–H groups in total. The van der Waals surface area contributed by atoms with Crippen molar-refractivity contribution in [1.82, 2.24) is 15.2 Å². The summed E-state index contributed by atoms with van der Waals surface area (Å²) in [6.07, 6.45) is 1.52. The van der Waals surface area contributed by atoms with Crippen molar-refractivity contribution in [3.63, 3.8) is 0 Å². The van der Waals surface area contributed by atoms with E-state index in [4.69, 9.17) is 16.3 Å². The minimum Gasteiger partial charge on any atom is -0.456 e. The lowest BCUT2D eigenvalue weighted by molar-refractivity contribution is 0.0466. The van der Waals surface area contributed by atoms with Crippen molar-refractivity contribution >= 4 is 28.3 Å². The summed E-state index contributed by atoms with van der Waals surface area (Å²) in [5.41, 5.74) is 0.414. The van der Waals surface area contributed by atoms with E-state index in [0.717, 1.165) is 0 Å². The van der Waals surface area contributed by atoms with Gasteiger partial charge in [0.15, 0.2) is 5.69 Å². The average Bonchev–Trinajstić information content (AvgIpc) is 2.55. The van der Waals surface area contributed by atoms with Crippen LogP contribution in [-0.4, -0.2) is 21.2 Å². The molecule has 110 valence electrons. The molecule has 7 heteroatoms. The fourth-order valence-corrected chi connectivity index (χ4v) is 2.09. The Morgan fingerprint density at radius 2 is 1.95 bits per heavy atom. The third-order valence-electron chi connectivity index (χ3n) is 3.05. The summed E-state index contributed by atoms with van der Waals surface area (Å²) in [4.78, 5) is 27.7. The molecule has 0 fully saturated rings. The molecular weight excluding hydrogens is 306 g/mol. The topological polar surface area (TPSA) is 84.9 Å². The molecule has 0 aliphatic carbocycles. The number of nitrogens with one attached hydrogen (secondary N) is 1. The average molecular weight is 316 g/mol. The van der Waals surface area contributed by atoms with Gasteiger partial charge in [0.05, 0.1) is 5.39 Å². The zero-order valence-electron chi connectivity index (χ0n) is 11.2. The molecule has 2 heterocycles. The standard InChI is InChI=1S/C15H10ClN3O3/c16-12-6-5-9(7-17-12)8-22-15(21)13-10-3-1-2-4-11(10)14(20)19-18-13/h1-7H,8H2,(H,19,20). The molecule has 0 aliphatic heterocycles. The summed E-state index contributed by atoms with van der Waals surface area (Å²) >= 11 is 5.69. The third-order valence-corrected chi connectivity index (χ3v) is 3.27. The number of nitrogens with zero attached hydrogens (tertiary/aromatic N) is 2. The van der Waals surface area contributed by atoms with Crippen molar-refractivity contribution < 1.29 is 9.53 Å². The molecule has 3 rings (SSSR count). The van der Waals surface area contributed by atoms with E-state index < -0.39 is 5.97 Å². The highest BCUT2D eigenvalue weighted by Gasteiger charge is 2.15. The fourth-order valence-electron chi connectivity index (χ4n) is 1.98. The predicted molar refractivity (Wildman–Crippen MR) is 80.7 cm³/mol. The molecule has 0 bridgehead atoms. The van der Waals surface area contributed by atoms with Gasteiger partial charge >= 0.3 is 5.97 Å². The monoisotopic (exact) mass is 315 g/mol. The molecule has 0 aliphatic rings. The summed E-state index contributed by atoms with van der Waals surface area (Å²) in [6, 6.07) is 10.0. The first kappa shape index (κ1) is 14.2. The Hall–Kier alpha value is -2.73. The number of halogens is 1. The fraction of sp³-hybridized carbons (Fsp3) is 0.0667. The van der Waals surface area contributed by atoms with E-state index in [1.807, 2.05) is 0 Å². The maximum Gasteiger partial charge on any atom is 0.359 e. The number of hydrogen-bond acceptors (Lipinski definition) is 5. The SMILES string of the molecule is O=C(OCc1ccc(Cl)nc1)c1n[nH]c(=O)c2ccccc12. The Bertz CT molecular complexity index is 890. The van der Waals surface area contributed by atoms with Crippen LogP contribution in [0.5, 0.6) is 0 Å². The van der Waals surface area contributed by atoms with Gasteiger partial charge in [-0.25, -0.2) is 14.9 Å². The lowest BCUT2D eigenvalue weighted by Crippen LogP contribution is -2.16. The van der Waals surface area contributed by atoms with Crippen LogP contribution >= 0.6 is 11.6 Å². The van der Waals surface area contributed by atoms with Crippen LogP contribution in [0.25, 0.3) is 10.8 Å². The molecule has 6 nitrogen and oxygen atoms in total. The Morgan fingerprint density at radius 3 is 2.68 bits per heavy atom. The highest BCUT2D eigenvalue weighted by atomic mass is 35.5. The Morgan fingerprint density at radius 1 is 1.18 bits per heavy atom. The van der Waals surface area contributed by atoms with Gasteiger partial charge in [-0.15, -0.1) is 0 Å². The lowest BCUT2D eigenvalue weighted by Gasteiger charge is -2.06. The maximum absolute atomic E-state index is 12.2. The molecule has 0 unspecified atom stereocenters. The quantitative estimate of drug-likeness (QED) is 0.592. The van der Waals surface area contributed by atoms with Gasteiger partial charge in [-0.2, -0.15) is 5.10 Å². The van der Waals surface area contributed by atoms with E-state index >= 15 is 0 Å². The lowest BCUT2D eigenvalue weighted by atomic mass is 10.1. The van der Waals surface area contributed by atoms with Crippen molar-refractivity contribution in [3.8, 4) is 0 Å². The van der Waals surface area contributed by atoms with Crippen LogP contribution in [0, 0.1) is 0 Å². The molecule has 22 heavy (non-hydrogen) atoms. The van der Waals surface area contributed by atoms with E-state index in [2.05, 4.69) is 15.2 Å². The summed E-state index contributed by atoms with van der Waals surface area (Å²) in [5, 5.41) is 7.28. The van der Waals surface area contributed by atoms with E-state index in [0.29, 0.717) is 21.5 Å². The summed E-state index contributed by atoms with van der Waals surface area (Å²) < 4.78 is 5.20. The van der Waals surface area contributed by atoms with Crippen LogP contribution in [-0.2, 0) is 11.3 Å². The number of hydrogen-bond donors (Lipinski definition) is 1. The Balaban J connectivity index is 1.85. The summed E-state index contributed by atoms with van der Waals surface area (Å²) in [6.45, 7) is 0.0398. The number of benzene rings is 1. The molecule has 0 saturated heterocycles. The molecule has 3 aromatic rings. The van der Waals surface area contributed by atoms with Gasteiger partial charge in [0.25, 0.3) is 5.56 Å². The van der Waals surface area contributed by atoms with E-state index in [1.54, 1.807) is 36.4 Å². The molecule has 0 saturated carbocycles. The number of H-pyrrole nitrogens is 1. The molecule has 2 aromatic heterocycles. The first-order valence-corrected chi connectivity index (χ1v) is 6.78. The van der Waals surface area contributed by atoms with Gasteiger partial charge in [0.1, 0.15) is 11.8 Å². The third kappa shape index (κ3) is 2.82. The highest BCUT2D eigenvalue weighted by molar-refractivity contribution is 6.29. The van der Waals surface area contributed by atoms with Gasteiger partial charge in [0.2, 0.25) is 0 Å². The maximum atomic E-state index is 12.2. The first-order valence-electron chi connectivity index (χ1n) is 6.40. The van der Waals surface area contributed by atoms with Gasteiger partial charge < -0.3 is 4.74 Å². The van der Waals surface area contributed by atoms with E-state index in [-0.39, 0.29) is 17.9 Å². The van der Waals surface area contributed by atoms with Crippen molar-refractivity contribution in [3.05, 3.63) is 69.4 Å². The number of carbonyl (C=O) groups is 1. The number of pyridine rings is 1. The van der Waals surface area contributed by atoms with Gasteiger partial charge in [0, 0.05) is 17.1 Å². The van der Waals surface area contributed by atoms with Crippen LogP contribution in [0.3, 0.4) is 0 Å². The number of aromatic nitrogens is 3. The number of esters is 1. The molecule has 1 aromatic carbocycles. The molecule has 0 spiro atoms. The van der Waals surface area contributed by atoms with E-state index in [9.17, 15) is 9.59 Å². The predicted octanol–water partition coefficient (Wildman–Crippen LogP) is 2.33. The van der Waals surface area contributed by atoms with Crippen molar-refractivity contribution in [2.24, 2.45) is 0 Å². The zero-order chi connectivity index (χ0) is 15.5. The van der Waals surface area contributed by atoms with Crippen LogP contribution in [0.4, 0.5) is 0 Å². The number of carbonyl (C=O) groups excluding carboxylic acids is 1. The molecular formula is C15H10ClN3O3. The number of rotatable bonds is 3. The van der Waals surface area contributed by atoms with Crippen molar-refractivity contribution in [2.75, 3.05) is 0 Å². The second-order valence-corrected chi connectivity index (χ2v) is 4.90. The molecule has 0 radical (unpaired) electrons. The van der Waals surface area contributed by atoms with Gasteiger partial charge in [-0.3, -0.25) is 4.79 Å². The highest BCUT2D eigenvalue weighted by Crippen LogP contribution is 2.14. The summed E-state index contributed by atoms with van der Waals surface area (Å²) in [5.74, 6) is -0.623. The summed E-state index contributed by atoms with van der Waals surface area (Å²) in [7, 11) is 0. The number of fused-ring (bicyclic) bond motifs is 1. The van der Waals surface area contributed by atoms with Crippen LogP contribution in [0.2, 0.25) is 5.15 Å². The van der Waals surface area contributed by atoms with Crippen molar-refractivity contribution in [1.29, 1.82) is 0 Å². The molecule has 0 amide bonds. The van der Waals surface area contributed by atoms with Crippen LogP contribution in [0.1, 0.15) is 16.1 Å². The largest absolute Gasteiger partial charge is 0.456 e. The number of ether oxygens (including phenoxy) is 1. The van der Waals surface area contributed by atoms with Gasteiger partial charge in [-0.1, -0.05) is 35.9 Å². The van der Waals surface area contributed by atoms with Crippen LogP contribution in [0.15, 0.2) is 47.4 Å². The Labute approximate surface area is 129 Å². The Kier molecular flexibility index (Phi) is 3.84. The minimum atomic E-state index is -0.623. The first-order chi connectivity index (χ1) is 10.6. The second-order valence-electron chi connectivity index (χ2n) is 4.51. The van der Waals surface area contributed by atoms with Gasteiger partial charge in [-0.05, 0) is 12.1 Å². The number of aromatic amines is 1. The molecule has 0 atom stereocenters.